The lowest BCUT2D eigenvalue weighted by atomic mass is 9.81. The van der Waals surface area contributed by atoms with Gasteiger partial charge < -0.3 is 20.9 Å². The van der Waals surface area contributed by atoms with Gasteiger partial charge in [-0.2, -0.15) is 18.3 Å². The van der Waals surface area contributed by atoms with Crippen molar-refractivity contribution in [3.8, 4) is 0 Å². The average Bonchev–Trinajstić information content (AvgIpc) is 3.61. The summed E-state index contributed by atoms with van der Waals surface area (Å²) in [6.45, 7) is -0.261. The topological polar surface area (TPSA) is 132 Å². The second-order valence-electron chi connectivity index (χ2n) is 10.9. The number of halogens is 7. The van der Waals surface area contributed by atoms with E-state index in [1.54, 1.807) is 16.9 Å². The van der Waals surface area contributed by atoms with E-state index in [1.807, 2.05) is 6.07 Å². The van der Waals surface area contributed by atoms with Crippen LogP contribution in [0.2, 0.25) is 0 Å². The highest BCUT2D eigenvalue weighted by molar-refractivity contribution is 5.78. The van der Waals surface area contributed by atoms with Gasteiger partial charge in [0.25, 0.3) is 5.92 Å². The van der Waals surface area contributed by atoms with Gasteiger partial charge in [0.15, 0.2) is 5.65 Å². The number of alkyl halides is 7. The van der Waals surface area contributed by atoms with Gasteiger partial charge in [-0.1, -0.05) is 0 Å². The van der Waals surface area contributed by atoms with Gasteiger partial charge in [0.05, 0.1) is 36.3 Å². The zero-order valence-electron chi connectivity index (χ0n) is 21.7. The number of hydrogen-bond acceptors (Lipinski definition) is 6. The lowest BCUT2D eigenvalue weighted by molar-refractivity contribution is -0.192. The molecule has 228 valence electrons. The van der Waals surface area contributed by atoms with E-state index in [-0.39, 0.29) is 56.1 Å². The zero-order valence-corrected chi connectivity index (χ0v) is 21.7. The molecule has 4 N–H and O–H groups in total. The average molecular weight is 598 g/mol. The molecule has 0 bridgehead atoms. The van der Waals surface area contributed by atoms with Crippen molar-refractivity contribution in [1.29, 1.82) is 0 Å². The molecule has 2 heterocycles. The number of fused-ring (bicyclic) bond motifs is 1. The van der Waals surface area contributed by atoms with Crippen LogP contribution in [0.25, 0.3) is 5.65 Å². The summed E-state index contributed by atoms with van der Waals surface area (Å²) in [5.74, 6) is -8.20. The zero-order chi connectivity index (χ0) is 30.2. The van der Waals surface area contributed by atoms with Crippen LogP contribution in [0.1, 0.15) is 74.7 Å². The summed E-state index contributed by atoms with van der Waals surface area (Å²) < 4.78 is 91.5. The Hall–Kier alpha value is -3.01. The number of hydrogen-bond donors (Lipinski definition) is 3. The molecule has 2 atom stereocenters. The molecule has 5 rings (SSSR count). The van der Waals surface area contributed by atoms with Crippen LogP contribution < -0.4 is 11.1 Å². The molecule has 0 radical (unpaired) electrons. The molecule has 0 aliphatic heterocycles. The molecule has 3 fully saturated rings. The molecule has 3 aliphatic carbocycles. The molecular weight excluding hydrogens is 567 g/mol. The van der Waals surface area contributed by atoms with Crippen molar-refractivity contribution < 1.29 is 50.2 Å². The number of nitrogens with one attached hydrogen (secondary N) is 1. The normalized spacial score (nSPS) is 22.2. The summed E-state index contributed by atoms with van der Waals surface area (Å²) >= 11 is 0. The van der Waals surface area contributed by atoms with Crippen LogP contribution in [0.3, 0.4) is 0 Å². The third-order valence-corrected chi connectivity index (χ3v) is 7.49. The number of nitrogens with zero attached hydrogens (tertiary/aromatic N) is 3. The van der Waals surface area contributed by atoms with Crippen molar-refractivity contribution in [2.24, 2.45) is 17.6 Å². The highest BCUT2D eigenvalue weighted by Crippen LogP contribution is 2.42. The highest BCUT2D eigenvalue weighted by Gasteiger charge is 2.46. The SMILES string of the molecule is NC(c1cn2ncc(C(NC(=O)COC3CC(F)(F)C3)C3CC3)cc2n1)C1CCC(F)(F)CC1.O=C(O)C(F)(F)F. The van der Waals surface area contributed by atoms with Crippen LogP contribution in [0.4, 0.5) is 30.7 Å². The Labute approximate surface area is 229 Å². The number of carbonyl (C=O) groups is 2. The van der Waals surface area contributed by atoms with Crippen LogP contribution in [0.5, 0.6) is 0 Å². The molecule has 2 unspecified atom stereocenters. The molecule has 1 amide bonds. The summed E-state index contributed by atoms with van der Waals surface area (Å²) in [6.07, 6.45) is -0.638. The van der Waals surface area contributed by atoms with E-state index in [1.165, 1.54) is 0 Å². The smallest absolute Gasteiger partial charge is 0.475 e. The van der Waals surface area contributed by atoms with Gasteiger partial charge >= 0.3 is 12.1 Å². The Bertz CT molecular complexity index is 1230. The van der Waals surface area contributed by atoms with E-state index in [9.17, 15) is 35.5 Å². The summed E-state index contributed by atoms with van der Waals surface area (Å²) in [5, 5.41) is 14.5. The van der Waals surface area contributed by atoms with E-state index >= 15 is 0 Å². The van der Waals surface area contributed by atoms with Gasteiger partial charge in [0.1, 0.15) is 6.61 Å². The molecule has 9 nitrogen and oxygen atoms in total. The second-order valence-corrected chi connectivity index (χ2v) is 10.9. The van der Waals surface area contributed by atoms with E-state index in [4.69, 9.17) is 20.4 Å². The van der Waals surface area contributed by atoms with Gasteiger partial charge in [0.2, 0.25) is 11.8 Å². The first-order valence-corrected chi connectivity index (χ1v) is 13.1. The maximum atomic E-state index is 13.5. The first-order valence-electron chi connectivity index (χ1n) is 13.1. The maximum absolute atomic E-state index is 13.5. The minimum Gasteiger partial charge on any atom is -0.475 e. The van der Waals surface area contributed by atoms with Crippen LogP contribution in [-0.4, -0.2) is 62.3 Å². The highest BCUT2D eigenvalue weighted by atomic mass is 19.4. The number of carboxylic acids is 1. The fourth-order valence-corrected chi connectivity index (χ4v) is 4.94. The Morgan fingerprint density at radius 3 is 2.24 bits per heavy atom. The predicted molar refractivity (Wildman–Crippen MR) is 128 cm³/mol. The number of aromatic nitrogens is 3. The third kappa shape index (κ3) is 8.27. The summed E-state index contributed by atoms with van der Waals surface area (Å²) in [6, 6.07) is 1.12. The first-order chi connectivity index (χ1) is 19.0. The van der Waals surface area contributed by atoms with Crippen LogP contribution in [-0.2, 0) is 14.3 Å². The number of ether oxygens (including phenoxy) is 1. The quantitative estimate of drug-likeness (QED) is 0.380. The fourth-order valence-electron chi connectivity index (χ4n) is 4.94. The molecule has 2 aromatic rings. The van der Waals surface area contributed by atoms with Gasteiger partial charge in [0, 0.05) is 25.7 Å². The van der Waals surface area contributed by atoms with Gasteiger partial charge in [-0.3, -0.25) is 4.79 Å². The number of rotatable bonds is 8. The summed E-state index contributed by atoms with van der Waals surface area (Å²) in [7, 11) is 0. The lowest BCUT2D eigenvalue weighted by Crippen LogP contribution is -2.43. The van der Waals surface area contributed by atoms with E-state index in [2.05, 4.69) is 15.4 Å². The predicted octanol–water partition coefficient (Wildman–Crippen LogP) is 4.57. The summed E-state index contributed by atoms with van der Waals surface area (Å²) in [4.78, 5) is 25.9. The Morgan fingerprint density at radius 1 is 1.10 bits per heavy atom. The molecule has 2 aromatic heterocycles. The van der Waals surface area contributed by atoms with Crippen molar-refractivity contribution in [2.75, 3.05) is 6.61 Å². The Morgan fingerprint density at radius 2 is 1.71 bits per heavy atom. The summed E-state index contributed by atoms with van der Waals surface area (Å²) in [5.41, 5.74) is 8.34. The molecule has 0 spiro atoms. The van der Waals surface area contributed by atoms with Crippen molar-refractivity contribution in [2.45, 2.75) is 87.6 Å². The Balaban J connectivity index is 0.000000493. The fraction of sp³-hybridized carbons (Fsp3) is 0.680. The van der Waals surface area contributed by atoms with Crippen molar-refractivity contribution in [3.05, 3.63) is 29.7 Å². The van der Waals surface area contributed by atoms with Crippen molar-refractivity contribution in [3.63, 3.8) is 0 Å². The number of nitrogens with two attached hydrogens (primary N) is 1. The van der Waals surface area contributed by atoms with Crippen LogP contribution in [0, 0.1) is 11.8 Å². The first kappa shape index (κ1) is 30.9. The van der Waals surface area contributed by atoms with Gasteiger partial charge in [-0.05, 0) is 49.1 Å². The van der Waals surface area contributed by atoms with Crippen molar-refractivity contribution in [1.82, 2.24) is 19.9 Å². The minimum atomic E-state index is -5.08. The molecule has 16 heteroatoms. The number of imidazole rings is 1. The molecule has 0 aromatic carbocycles. The van der Waals surface area contributed by atoms with Gasteiger partial charge in [-0.15, -0.1) is 0 Å². The van der Waals surface area contributed by atoms with E-state index in [0.717, 1.165) is 18.4 Å². The van der Waals surface area contributed by atoms with Gasteiger partial charge in [-0.25, -0.2) is 31.9 Å². The third-order valence-electron chi connectivity index (χ3n) is 7.49. The maximum Gasteiger partial charge on any atom is 0.490 e. The van der Waals surface area contributed by atoms with Crippen LogP contribution in [0.15, 0.2) is 18.5 Å². The van der Waals surface area contributed by atoms with E-state index < -0.39 is 36.1 Å². The number of aliphatic carboxylic acids is 1. The Kier molecular flexibility index (Phi) is 8.83. The standard InChI is InChI=1S/C23H29F4N5O2.C2HF3O2/c24-22(25)5-3-13(4-6-22)20(28)17-11-32-18(30-17)7-15(10-29-32)21(14-1-2-14)31-19(33)12-34-16-8-23(26,27)9-16;3-2(4,5)1(6)7/h7,10-11,13-14,16,20-21H,1-6,8-9,12,28H2,(H,31,33);(H,6,7). The molecule has 3 aliphatic rings. The number of carboxylic acid groups (broad SMARTS) is 1. The lowest BCUT2D eigenvalue weighted by Gasteiger charge is -2.34. The monoisotopic (exact) mass is 597 g/mol. The minimum absolute atomic E-state index is 0.0573. The van der Waals surface area contributed by atoms with E-state index in [0.29, 0.717) is 24.2 Å². The number of amides is 1. The largest absolute Gasteiger partial charge is 0.490 e. The molecule has 41 heavy (non-hydrogen) atoms. The van der Waals surface area contributed by atoms with Crippen molar-refractivity contribution >= 4 is 17.5 Å². The number of carbonyl (C=O) groups excluding carboxylic acids is 1. The van der Waals surface area contributed by atoms with Crippen LogP contribution >= 0.6 is 0 Å². The second kappa shape index (κ2) is 11.7. The molecule has 3 saturated carbocycles. The molecular formula is C25H30F7N5O4. The molecule has 0 saturated heterocycles.